The van der Waals surface area contributed by atoms with Gasteiger partial charge in [0, 0.05) is 25.0 Å². The van der Waals surface area contributed by atoms with Crippen LogP contribution in [0.4, 0.5) is 0 Å². The molecule has 4 saturated heterocycles. The van der Waals surface area contributed by atoms with Crippen LogP contribution in [0.15, 0.2) is 0 Å². The van der Waals surface area contributed by atoms with Gasteiger partial charge in [0.05, 0.1) is 0 Å². The number of hydrogen-bond donors (Lipinski definition) is 2. The lowest BCUT2D eigenvalue weighted by atomic mass is 9.84. The molecule has 2 bridgehead atoms. The number of nitrogens with one attached hydrogen (secondary N) is 2. The van der Waals surface area contributed by atoms with Crippen molar-refractivity contribution in [2.75, 3.05) is 26.2 Å². The molecule has 4 heterocycles. The third kappa shape index (κ3) is 3.48. The van der Waals surface area contributed by atoms with E-state index in [-0.39, 0.29) is 5.91 Å². The van der Waals surface area contributed by atoms with Crippen LogP contribution in [0, 0.1) is 5.92 Å². The van der Waals surface area contributed by atoms with Crippen LogP contribution in [-0.4, -0.2) is 49.1 Å². The highest BCUT2D eigenvalue weighted by atomic mass is 16.1. The molecular weight excluding hydrogens is 238 g/mol. The van der Waals surface area contributed by atoms with Crippen molar-refractivity contribution < 1.29 is 4.79 Å². The predicted molar refractivity (Wildman–Crippen MR) is 76.0 cm³/mol. The van der Waals surface area contributed by atoms with Gasteiger partial charge in [-0.3, -0.25) is 4.79 Å². The maximum atomic E-state index is 12.1. The second-order valence-corrected chi connectivity index (χ2v) is 6.50. The Hall–Kier alpha value is -0.610. The highest BCUT2D eigenvalue weighted by molar-refractivity contribution is 5.76. The molecule has 0 saturated carbocycles. The highest BCUT2D eigenvalue weighted by Crippen LogP contribution is 2.27. The molecule has 19 heavy (non-hydrogen) atoms. The zero-order chi connectivity index (χ0) is 13.1. The van der Waals surface area contributed by atoms with Crippen molar-refractivity contribution in [3.63, 3.8) is 0 Å². The molecule has 2 atom stereocenters. The van der Waals surface area contributed by atoms with E-state index in [1.54, 1.807) is 0 Å². The minimum absolute atomic E-state index is 0.270. The normalized spacial score (nSPS) is 38.1. The number of rotatable bonds is 4. The predicted octanol–water partition coefficient (Wildman–Crippen LogP) is 1.12. The Morgan fingerprint density at radius 1 is 1.21 bits per heavy atom. The summed E-state index contributed by atoms with van der Waals surface area (Å²) in [7, 11) is 0. The van der Waals surface area contributed by atoms with Crippen LogP contribution in [0.2, 0.25) is 0 Å². The molecule has 0 aromatic carbocycles. The number of carbonyl (C=O) groups is 1. The van der Waals surface area contributed by atoms with Crippen LogP contribution in [-0.2, 0) is 4.79 Å². The largest absolute Gasteiger partial charge is 0.352 e. The van der Waals surface area contributed by atoms with Gasteiger partial charge >= 0.3 is 0 Å². The number of piperidine rings is 4. The SMILES string of the molecule is O=C(CCC1CCCCN1)NC1CN2CCC1CC2. The molecule has 0 radical (unpaired) electrons. The zero-order valence-corrected chi connectivity index (χ0v) is 11.9. The third-order valence-electron chi connectivity index (χ3n) is 5.13. The summed E-state index contributed by atoms with van der Waals surface area (Å²) in [6, 6.07) is 1.00. The first-order valence-electron chi connectivity index (χ1n) is 8.06. The molecule has 4 fully saturated rings. The van der Waals surface area contributed by atoms with Crippen LogP contribution in [0.25, 0.3) is 0 Å². The molecular formula is C15H27N3O. The van der Waals surface area contributed by atoms with Crippen LogP contribution >= 0.6 is 0 Å². The van der Waals surface area contributed by atoms with E-state index in [1.807, 2.05) is 0 Å². The summed E-state index contributed by atoms with van der Waals surface area (Å²) >= 11 is 0. The Bertz CT molecular complexity index is 307. The summed E-state index contributed by atoms with van der Waals surface area (Å²) in [5, 5.41) is 6.80. The van der Waals surface area contributed by atoms with Gasteiger partial charge in [-0.05, 0) is 57.7 Å². The highest BCUT2D eigenvalue weighted by Gasteiger charge is 2.34. The standard InChI is InChI=1S/C15H27N3O/c19-15(5-4-13-3-1-2-8-16-13)17-14-11-18-9-6-12(14)7-10-18/h12-14,16H,1-11H2,(H,17,19). The molecule has 1 amide bonds. The quantitative estimate of drug-likeness (QED) is 0.800. The number of nitrogens with zero attached hydrogens (tertiary/aromatic N) is 1. The summed E-state index contributed by atoms with van der Waals surface area (Å²) in [5.74, 6) is 1.01. The first kappa shape index (κ1) is 13.4. The van der Waals surface area contributed by atoms with E-state index in [2.05, 4.69) is 15.5 Å². The third-order valence-corrected chi connectivity index (χ3v) is 5.13. The van der Waals surface area contributed by atoms with E-state index in [4.69, 9.17) is 0 Å². The molecule has 4 aliphatic rings. The first-order valence-corrected chi connectivity index (χ1v) is 8.06. The Morgan fingerprint density at radius 2 is 2.05 bits per heavy atom. The average molecular weight is 265 g/mol. The lowest BCUT2D eigenvalue weighted by Gasteiger charge is -2.45. The van der Waals surface area contributed by atoms with Crippen LogP contribution < -0.4 is 10.6 Å². The maximum Gasteiger partial charge on any atom is 0.220 e. The van der Waals surface area contributed by atoms with Crippen molar-refractivity contribution in [1.82, 2.24) is 15.5 Å². The van der Waals surface area contributed by atoms with Gasteiger partial charge in [-0.15, -0.1) is 0 Å². The van der Waals surface area contributed by atoms with Crippen LogP contribution in [0.3, 0.4) is 0 Å². The fourth-order valence-corrected chi connectivity index (χ4v) is 3.88. The van der Waals surface area contributed by atoms with Gasteiger partial charge in [-0.25, -0.2) is 0 Å². The summed E-state index contributed by atoms with van der Waals surface area (Å²) < 4.78 is 0. The summed E-state index contributed by atoms with van der Waals surface area (Å²) in [6.45, 7) is 4.69. The average Bonchev–Trinajstić information content (AvgIpc) is 2.47. The van der Waals surface area contributed by atoms with Gasteiger partial charge in [-0.1, -0.05) is 6.42 Å². The van der Waals surface area contributed by atoms with E-state index >= 15 is 0 Å². The number of hydrogen-bond acceptors (Lipinski definition) is 3. The van der Waals surface area contributed by atoms with Crippen molar-refractivity contribution in [2.24, 2.45) is 5.92 Å². The second-order valence-electron chi connectivity index (χ2n) is 6.50. The Kier molecular flexibility index (Phi) is 4.38. The topological polar surface area (TPSA) is 44.4 Å². The summed E-state index contributed by atoms with van der Waals surface area (Å²) in [6.07, 6.45) is 8.10. The Balaban J connectivity index is 1.39. The number of fused-ring (bicyclic) bond motifs is 3. The van der Waals surface area contributed by atoms with Crippen molar-refractivity contribution >= 4 is 5.91 Å². The Morgan fingerprint density at radius 3 is 2.68 bits per heavy atom. The van der Waals surface area contributed by atoms with Gasteiger partial charge < -0.3 is 15.5 Å². The zero-order valence-electron chi connectivity index (χ0n) is 11.9. The molecule has 108 valence electrons. The fourth-order valence-electron chi connectivity index (χ4n) is 3.88. The summed E-state index contributed by atoms with van der Waals surface area (Å²) in [4.78, 5) is 14.6. The summed E-state index contributed by atoms with van der Waals surface area (Å²) in [5.41, 5.74) is 0. The van der Waals surface area contributed by atoms with Crippen molar-refractivity contribution in [2.45, 2.75) is 57.0 Å². The molecule has 2 N–H and O–H groups in total. The van der Waals surface area contributed by atoms with Gasteiger partial charge in [0.2, 0.25) is 5.91 Å². The van der Waals surface area contributed by atoms with Gasteiger partial charge in [0.15, 0.2) is 0 Å². The van der Waals surface area contributed by atoms with Crippen molar-refractivity contribution in [3.05, 3.63) is 0 Å². The fraction of sp³-hybridized carbons (Fsp3) is 0.933. The van der Waals surface area contributed by atoms with E-state index < -0.39 is 0 Å². The lowest BCUT2D eigenvalue weighted by molar-refractivity contribution is -0.123. The number of amides is 1. The van der Waals surface area contributed by atoms with E-state index in [0.717, 1.165) is 25.4 Å². The minimum atomic E-state index is 0.270. The smallest absolute Gasteiger partial charge is 0.220 e. The molecule has 4 nitrogen and oxygen atoms in total. The molecule has 4 aliphatic heterocycles. The van der Waals surface area contributed by atoms with E-state index in [0.29, 0.717) is 18.5 Å². The van der Waals surface area contributed by atoms with Gasteiger partial charge in [-0.2, -0.15) is 0 Å². The number of carbonyl (C=O) groups excluding carboxylic acids is 1. The van der Waals surface area contributed by atoms with E-state index in [9.17, 15) is 4.79 Å². The monoisotopic (exact) mass is 265 g/mol. The minimum Gasteiger partial charge on any atom is -0.352 e. The lowest BCUT2D eigenvalue weighted by Crippen LogP contribution is -2.57. The molecule has 4 heteroatoms. The van der Waals surface area contributed by atoms with Crippen molar-refractivity contribution in [1.29, 1.82) is 0 Å². The van der Waals surface area contributed by atoms with E-state index in [1.165, 1.54) is 45.2 Å². The van der Waals surface area contributed by atoms with Gasteiger partial charge in [0.1, 0.15) is 0 Å². The molecule has 2 unspecified atom stereocenters. The molecule has 0 spiro atoms. The van der Waals surface area contributed by atoms with Gasteiger partial charge in [0.25, 0.3) is 0 Å². The second kappa shape index (κ2) is 6.23. The first-order chi connectivity index (χ1) is 9.31. The maximum absolute atomic E-state index is 12.1. The molecule has 4 rings (SSSR count). The van der Waals surface area contributed by atoms with Crippen LogP contribution in [0.5, 0.6) is 0 Å². The Labute approximate surface area is 116 Å². The molecule has 0 aromatic heterocycles. The van der Waals surface area contributed by atoms with Crippen molar-refractivity contribution in [3.8, 4) is 0 Å². The molecule has 0 aromatic rings. The molecule has 0 aliphatic carbocycles. The van der Waals surface area contributed by atoms with Crippen LogP contribution in [0.1, 0.15) is 44.9 Å².